The fourth-order valence-corrected chi connectivity index (χ4v) is 4.23. The van der Waals surface area contributed by atoms with Gasteiger partial charge < -0.3 is 15.5 Å². The van der Waals surface area contributed by atoms with E-state index < -0.39 is 0 Å². The van der Waals surface area contributed by atoms with Gasteiger partial charge in [0.05, 0.1) is 0 Å². The van der Waals surface area contributed by atoms with Crippen molar-refractivity contribution in [3.63, 3.8) is 0 Å². The Balaban J connectivity index is 1.95. The molecule has 112 valence electrons. The van der Waals surface area contributed by atoms with Crippen molar-refractivity contribution < 1.29 is 0 Å². The van der Waals surface area contributed by atoms with Crippen molar-refractivity contribution in [2.75, 3.05) is 40.3 Å². The van der Waals surface area contributed by atoms with E-state index in [4.69, 9.17) is 5.73 Å². The second-order valence-electron chi connectivity index (χ2n) is 7.32. The second-order valence-corrected chi connectivity index (χ2v) is 7.32. The monoisotopic (exact) mass is 267 g/mol. The third-order valence-electron chi connectivity index (χ3n) is 5.47. The normalized spacial score (nSPS) is 32.7. The van der Waals surface area contributed by atoms with E-state index >= 15 is 0 Å². The standard InChI is InChI=1S/C16H33N3/c1-14-10-19(11-15(14)18(2)3)13-16(12-17)8-6-4-5-7-9-16/h14-15H,4-13,17H2,1-3H3. The van der Waals surface area contributed by atoms with E-state index in [0.29, 0.717) is 5.41 Å². The molecule has 0 amide bonds. The van der Waals surface area contributed by atoms with E-state index in [1.165, 1.54) is 58.2 Å². The fourth-order valence-electron chi connectivity index (χ4n) is 4.23. The summed E-state index contributed by atoms with van der Waals surface area (Å²) < 4.78 is 0. The van der Waals surface area contributed by atoms with Crippen LogP contribution in [-0.2, 0) is 0 Å². The number of nitrogens with two attached hydrogens (primary N) is 1. The van der Waals surface area contributed by atoms with Crippen molar-refractivity contribution >= 4 is 0 Å². The minimum atomic E-state index is 0.414. The summed E-state index contributed by atoms with van der Waals surface area (Å²) in [6, 6.07) is 0.723. The lowest BCUT2D eigenvalue weighted by Crippen LogP contribution is -2.42. The molecule has 0 spiro atoms. The van der Waals surface area contributed by atoms with Crippen molar-refractivity contribution in [1.82, 2.24) is 9.80 Å². The molecule has 0 radical (unpaired) electrons. The largest absolute Gasteiger partial charge is 0.330 e. The molecule has 3 nitrogen and oxygen atoms in total. The molecule has 1 saturated heterocycles. The van der Waals surface area contributed by atoms with Gasteiger partial charge in [-0.3, -0.25) is 0 Å². The molecule has 0 aromatic heterocycles. The Morgan fingerprint density at radius 1 is 1.11 bits per heavy atom. The van der Waals surface area contributed by atoms with Crippen LogP contribution in [0.5, 0.6) is 0 Å². The first-order chi connectivity index (χ1) is 9.06. The summed E-state index contributed by atoms with van der Waals surface area (Å²) in [7, 11) is 4.43. The van der Waals surface area contributed by atoms with Crippen LogP contribution in [0.4, 0.5) is 0 Å². The van der Waals surface area contributed by atoms with Gasteiger partial charge in [-0.05, 0) is 44.8 Å². The average Bonchev–Trinajstić information content (AvgIpc) is 2.60. The van der Waals surface area contributed by atoms with Gasteiger partial charge in [0.15, 0.2) is 0 Å². The number of rotatable bonds is 4. The van der Waals surface area contributed by atoms with Crippen LogP contribution in [0.1, 0.15) is 45.4 Å². The van der Waals surface area contributed by atoms with Gasteiger partial charge in [0, 0.05) is 25.7 Å². The molecular formula is C16H33N3. The Kier molecular flexibility index (Phi) is 5.27. The predicted octanol–water partition coefficient (Wildman–Crippen LogP) is 2.17. The van der Waals surface area contributed by atoms with Crippen LogP contribution in [0.25, 0.3) is 0 Å². The van der Waals surface area contributed by atoms with Crippen LogP contribution < -0.4 is 5.73 Å². The van der Waals surface area contributed by atoms with E-state index in [2.05, 4.69) is 30.8 Å². The Bertz CT molecular complexity index is 269. The summed E-state index contributed by atoms with van der Waals surface area (Å²) in [6.07, 6.45) is 8.30. The average molecular weight is 267 g/mol. The minimum absolute atomic E-state index is 0.414. The van der Waals surface area contributed by atoms with Crippen molar-refractivity contribution in [3.05, 3.63) is 0 Å². The summed E-state index contributed by atoms with van der Waals surface area (Å²) in [4.78, 5) is 5.08. The van der Waals surface area contributed by atoms with Gasteiger partial charge in [-0.2, -0.15) is 0 Å². The molecule has 2 atom stereocenters. The summed E-state index contributed by atoms with van der Waals surface area (Å²) >= 11 is 0. The zero-order valence-corrected chi connectivity index (χ0v) is 13.2. The Hall–Kier alpha value is -0.120. The molecule has 1 saturated carbocycles. The van der Waals surface area contributed by atoms with Gasteiger partial charge >= 0.3 is 0 Å². The first-order valence-corrected chi connectivity index (χ1v) is 8.15. The lowest BCUT2D eigenvalue weighted by atomic mass is 9.80. The van der Waals surface area contributed by atoms with E-state index in [-0.39, 0.29) is 0 Å². The molecule has 19 heavy (non-hydrogen) atoms. The lowest BCUT2D eigenvalue weighted by Gasteiger charge is -2.36. The number of hydrogen-bond donors (Lipinski definition) is 1. The van der Waals surface area contributed by atoms with Crippen LogP contribution in [0, 0.1) is 11.3 Å². The molecule has 2 unspecified atom stereocenters. The van der Waals surface area contributed by atoms with E-state index in [1.807, 2.05) is 0 Å². The third-order valence-corrected chi connectivity index (χ3v) is 5.47. The summed E-state index contributed by atoms with van der Waals surface area (Å²) in [5.41, 5.74) is 6.59. The quantitative estimate of drug-likeness (QED) is 0.792. The van der Waals surface area contributed by atoms with Crippen LogP contribution in [0.3, 0.4) is 0 Å². The SMILES string of the molecule is CC1CN(CC2(CN)CCCCCC2)CC1N(C)C. The second kappa shape index (κ2) is 6.55. The molecule has 0 aromatic carbocycles. The topological polar surface area (TPSA) is 32.5 Å². The highest BCUT2D eigenvalue weighted by Gasteiger charge is 2.37. The molecular weight excluding hydrogens is 234 g/mol. The van der Waals surface area contributed by atoms with Crippen molar-refractivity contribution in [2.45, 2.75) is 51.5 Å². The van der Waals surface area contributed by atoms with Gasteiger partial charge in [-0.25, -0.2) is 0 Å². The van der Waals surface area contributed by atoms with Gasteiger partial charge in [0.1, 0.15) is 0 Å². The van der Waals surface area contributed by atoms with Gasteiger partial charge in [-0.1, -0.05) is 32.6 Å². The summed E-state index contributed by atoms with van der Waals surface area (Å²) in [5, 5.41) is 0. The van der Waals surface area contributed by atoms with Gasteiger partial charge in [-0.15, -0.1) is 0 Å². The third kappa shape index (κ3) is 3.71. The molecule has 2 N–H and O–H groups in total. The van der Waals surface area contributed by atoms with Gasteiger partial charge in [0.25, 0.3) is 0 Å². The van der Waals surface area contributed by atoms with Gasteiger partial charge in [0.2, 0.25) is 0 Å². The molecule has 1 aliphatic heterocycles. The predicted molar refractivity (Wildman–Crippen MR) is 82.3 cm³/mol. The van der Waals surface area contributed by atoms with E-state index in [0.717, 1.165) is 18.5 Å². The lowest BCUT2D eigenvalue weighted by molar-refractivity contribution is 0.149. The fraction of sp³-hybridized carbons (Fsp3) is 1.00. The maximum Gasteiger partial charge on any atom is 0.0254 e. The number of likely N-dealkylation sites (tertiary alicyclic amines) is 1. The molecule has 0 bridgehead atoms. The van der Waals surface area contributed by atoms with Crippen molar-refractivity contribution in [1.29, 1.82) is 0 Å². The van der Waals surface area contributed by atoms with E-state index in [1.54, 1.807) is 0 Å². The molecule has 1 heterocycles. The number of likely N-dealkylation sites (N-methyl/N-ethyl adjacent to an activating group) is 1. The number of nitrogens with zero attached hydrogens (tertiary/aromatic N) is 2. The molecule has 2 aliphatic rings. The highest BCUT2D eigenvalue weighted by atomic mass is 15.2. The zero-order chi connectivity index (χ0) is 13.9. The van der Waals surface area contributed by atoms with E-state index in [9.17, 15) is 0 Å². The summed E-state index contributed by atoms with van der Waals surface area (Å²) in [5.74, 6) is 0.788. The zero-order valence-electron chi connectivity index (χ0n) is 13.2. The highest BCUT2D eigenvalue weighted by molar-refractivity contribution is 4.92. The smallest absolute Gasteiger partial charge is 0.0254 e. The summed E-state index contributed by atoms with van der Waals surface area (Å²) in [6.45, 7) is 7.00. The van der Waals surface area contributed by atoms with Crippen molar-refractivity contribution in [2.24, 2.45) is 17.1 Å². The first kappa shape index (κ1) is 15.3. The van der Waals surface area contributed by atoms with Crippen LogP contribution >= 0.6 is 0 Å². The van der Waals surface area contributed by atoms with Crippen LogP contribution in [-0.4, -0.2) is 56.1 Å². The molecule has 2 fully saturated rings. The molecule has 0 aromatic rings. The maximum absolute atomic E-state index is 6.18. The Morgan fingerprint density at radius 3 is 2.21 bits per heavy atom. The molecule has 2 rings (SSSR count). The molecule has 1 aliphatic carbocycles. The number of hydrogen-bond acceptors (Lipinski definition) is 3. The Labute approximate surface area is 119 Å². The first-order valence-electron chi connectivity index (χ1n) is 8.15. The maximum atomic E-state index is 6.18. The highest BCUT2D eigenvalue weighted by Crippen LogP contribution is 2.36. The Morgan fingerprint density at radius 2 is 1.74 bits per heavy atom. The minimum Gasteiger partial charge on any atom is -0.330 e. The van der Waals surface area contributed by atoms with Crippen LogP contribution in [0.2, 0.25) is 0 Å². The van der Waals surface area contributed by atoms with Crippen LogP contribution in [0.15, 0.2) is 0 Å². The molecule has 3 heteroatoms. The van der Waals surface area contributed by atoms with Crippen molar-refractivity contribution in [3.8, 4) is 0 Å².